The molecule has 0 saturated heterocycles. The number of hydrogen-bond donors (Lipinski definition) is 0. The molecule has 0 radical (unpaired) electrons. The van der Waals surface area contributed by atoms with Gasteiger partial charge in [-0.1, -0.05) is 55.7 Å². The second-order valence-electron chi connectivity index (χ2n) is 9.90. The SMILES string of the molecule is COc1ccc(OC)c(-c2c(C3c4ccccc4C(=O)N3C3CCCCC3)c3ccccc3n2C)c1. The number of nitrogens with zero attached hydrogens (tertiary/aromatic N) is 2. The third-order valence-electron chi connectivity index (χ3n) is 8.05. The van der Waals surface area contributed by atoms with Crippen molar-refractivity contribution in [2.75, 3.05) is 14.2 Å². The summed E-state index contributed by atoms with van der Waals surface area (Å²) < 4.78 is 13.7. The topological polar surface area (TPSA) is 43.7 Å². The van der Waals surface area contributed by atoms with Gasteiger partial charge in [-0.25, -0.2) is 0 Å². The lowest BCUT2D eigenvalue weighted by molar-refractivity contribution is 0.0613. The normalized spacial score (nSPS) is 18.0. The zero-order chi connectivity index (χ0) is 24.8. The van der Waals surface area contributed by atoms with Gasteiger partial charge < -0.3 is 18.9 Å². The minimum Gasteiger partial charge on any atom is -0.497 e. The first-order chi connectivity index (χ1) is 17.6. The quantitative estimate of drug-likeness (QED) is 0.318. The molecule has 36 heavy (non-hydrogen) atoms. The lowest BCUT2D eigenvalue weighted by Crippen LogP contribution is -2.40. The average Bonchev–Trinajstić information content (AvgIpc) is 3.39. The first-order valence-corrected chi connectivity index (χ1v) is 12.8. The minimum absolute atomic E-state index is 0.152. The third-order valence-corrected chi connectivity index (χ3v) is 8.05. The van der Waals surface area contributed by atoms with Crippen LogP contribution in [0.25, 0.3) is 22.2 Å². The fourth-order valence-electron chi connectivity index (χ4n) is 6.39. The summed E-state index contributed by atoms with van der Waals surface area (Å²) in [6.07, 6.45) is 5.70. The highest BCUT2D eigenvalue weighted by molar-refractivity contribution is 6.02. The Kier molecular flexibility index (Phi) is 5.71. The van der Waals surface area contributed by atoms with Crippen molar-refractivity contribution < 1.29 is 14.3 Å². The summed E-state index contributed by atoms with van der Waals surface area (Å²) in [5.41, 5.74) is 6.22. The summed E-state index contributed by atoms with van der Waals surface area (Å²) in [5, 5.41) is 1.16. The zero-order valence-corrected chi connectivity index (χ0v) is 21.2. The van der Waals surface area contributed by atoms with E-state index in [0.717, 1.165) is 63.2 Å². The summed E-state index contributed by atoms with van der Waals surface area (Å²) in [4.78, 5) is 16.2. The Morgan fingerprint density at radius 3 is 2.36 bits per heavy atom. The van der Waals surface area contributed by atoms with Gasteiger partial charge in [-0.3, -0.25) is 4.79 Å². The zero-order valence-electron chi connectivity index (χ0n) is 21.2. The molecule has 3 aromatic carbocycles. The van der Waals surface area contributed by atoms with E-state index in [1.54, 1.807) is 14.2 Å². The Bertz CT molecular complexity index is 1450. The summed E-state index contributed by atoms with van der Waals surface area (Å²) in [5.74, 6) is 1.71. The van der Waals surface area contributed by atoms with Gasteiger partial charge in [-0.15, -0.1) is 0 Å². The second kappa shape index (κ2) is 9.05. The van der Waals surface area contributed by atoms with Crippen molar-refractivity contribution in [1.82, 2.24) is 9.47 Å². The van der Waals surface area contributed by atoms with Gasteiger partial charge in [0, 0.05) is 40.7 Å². The standard InChI is InChI=1S/C31H32N2O3/c1-32-26-16-10-9-15-24(26)28(29(32)25-19-21(35-2)17-18-27(25)36-3)30-22-13-7-8-14-23(22)31(34)33(30)20-11-5-4-6-12-20/h7-10,13-20,30H,4-6,11-12H2,1-3H3. The summed E-state index contributed by atoms with van der Waals surface area (Å²) in [6, 6.07) is 22.7. The molecule has 2 aliphatic rings. The Morgan fingerprint density at radius 2 is 1.58 bits per heavy atom. The van der Waals surface area contributed by atoms with E-state index in [1.165, 1.54) is 19.3 Å². The van der Waals surface area contributed by atoms with Crippen LogP contribution in [-0.4, -0.2) is 35.6 Å². The van der Waals surface area contributed by atoms with Crippen LogP contribution in [0.1, 0.15) is 59.6 Å². The molecule has 1 amide bonds. The largest absolute Gasteiger partial charge is 0.497 e. The number of benzene rings is 3. The van der Waals surface area contributed by atoms with Crippen LogP contribution in [0.4, 0.5) is 0 Å². The molecule has 1 aliphatic carbocycles. The van der Waals surface area contributed by atoms with Gasteiger partial charge in [-0.05, 0) is 48.7 Å². The molecule has 5 nitrogen and oxygen atoms in total. The number of amides is 1. The van der Waals surface area contributed by atoms with Crippen LogP contribution in [0.15, 0.2) is 66.7 Å². The number of hydrogen-bond acceptors (Lipinski definition) is 3. The van der Waals surface area contributed by atoms with Gasteiger partial charge in [0.05, 0.1) is 26.0 Å². The number of carbonyl (C=O) groups excluding carboxylic acids is 1. The van der Waals surface area contributed by atoms with Crippen molar-refractivity contribution in [3.8, 4) is 22.8 Å². The first kappa shape index (κ1) is 22.7. The minimum atomic E-state index is -0.159. The highest BCUT2D eigenvalue weighted by atomic mass is 16.5. The second-order valence-corrected chi connectivity index (χ2v) is 9.90. The summed E-state index contributed by atoms with van der Waals surface area (Å²) in [7, 11) is 5.49. The van der Waals surface area contributed by atoms with Gasteiger partial charge in [0.15, 0.2) is 0 Å². The molecule has 1 fully saturated rings. The molecule has 4 aromatic rings. The number of methoxy groups -OCH3 is 2. The number of para-hydroxylation sites is 1. The molecule has 2 heterocycles. The Morgan fingerprint density at radius 1 is 0.833 bits per heavy atom. The van der Waals surface area contributed by atoms with Crippen molar-refractivity contribution >= 4 is 16.8 Å². The van der Waals surface area contributed by atoms with Gasteiger partial charge >= 0.3 is 0 Å². The average molecular weight is 481 g/mol. The van der Waals surface area contributed by atoms with Crippen LogP contribution in [0.3, 0.4) is 0 Å². The van der Waals surface area contributed by atoms with Gasteiger partial charge in [-0.2, -0.15) is 0 Å². The Balaban J connectivity index is 1.67. The van der Waals surface area contributed by atoms with Crippen molar-refractivity contribution in [2.45, 2.75) is 44.2 Å². The van der Waals surface area contributed by atoms with Gasteiger partial charge in [0.2, 0.25) is 0 Å². The highest BCUT2D eigenvalue weighted by Gasteiger charge is 2.44. The van der Waals surface area contributed by atoms with Crippen molar-refractivity contribution in [3.63, 3.8) is 0 Å². The number of aromatic nitrogens is 1. The maximum absolute atomic E-state index is 14.0. The molecule has 1 aromatic heterocycles. The third kappa shape index (κ3) is 3.41. The molecule has 0 bridgehead atoms. The number of carbonyl (C=O) groups is 1. The van der Waals surface area contributed by atoms with E-state index < -0.39 is 0 Å². The van der Waals surface area contributed by atoms with Crippen molar-refractivity contribution in [3.05, 3.63) is 83.4 Å². The van der Waals surface area contributed by atoms with Crippen LogP contribution in [-0.2, 0) is 7.05 Å². The predicted molar refractivity (Wildman–Crippen MR) is 143 cm³/mol. The smallest absolute Gasteiger partial charge is 0.255 e. The van der Waals surface area contributed by atoms with E-state index in [1.807, 2.05) is 30.3 Å². The van der Waals surface area contributed by atoms with E-state index in [4.69, 9.17) is 9.47 Å². The molecule has 6 rings (SSSR count). The number of aryl methyl sites for hydroxylation is 1. The maximum atomic E-state index is 14.0. The fourth-order valence-corrected chi connectivity index (χ4v) is 6.39. The van der Waals surface area contributed by atoms with Crippen LogP contribution >= 0.6 is 0 Å². The van der Waals surface area contributed by atoms with Crippen molar-refractivity contribution in [1.29, 1.82) is 0 Å². The van der Waals surface area contributed by atoms with Crippen LogP contribution in [0, 0.1) is 0 Å². The molecule has 1 aliphatic heterocycles. The van der Waals surface area contributed by atoms with Crippen LogP contribution < -0.4 is 9.47 Å². The molecule has 0 spiro atoms. The summed E-state index contributed by atoms with van der Waals surface area (Å²) in [6.45, 7) is 0. The number of fused-ring (bicyclic) bond motifs is 2. The Labute approximate surface area is 212 Å². The van der Waals surface area contributed by atoms with Crippen molar-refractivity contribution in [2.24, 2.45) is 7.05 Å². The highest BCUT2D eigenvalue weighted by Crippen LogP contribution is 2.50. The molecule has 1 unspecified atom stereocenters. The van der Waals surface area contributed by atoms with Crippen LogP contribution in [0.5, 0.6) is 11.5 Å². The maximum Gasteiger partial charge on any atom is 0.255 e. The first-order valence-electron chi connectivity index (χ1n) is 12.8. The fraction of sp³-hybridized carbons (Fsp3) is 0.323. The van der Waals surface area contributed by atoms with E-state index in [2.05, 4.69) is 52.9 Å². The molecule has 5 heteroatoms. The predicted octanol–water partition coefficient (Wildman–Crippen LogP) is 6.74. The number of ether oxygens (including phenoxy) is 2. The lowest BCUT2D eigenvalue weighted by Gasteiger charge is -2.36. The number of rotatable bonds is 5. The molecule has 184 valence electrons. The van der Waals surface area contributed by atoms with E-state index >= 15 is 0 Å². The molecule has 1 saturated carbocycles. The van der Waals surface area contributed by atoms with E-state index in [9.17, 15) is 4.79 Å². The lowest BCUT2D eigenvalue weighted by atomic mass is 9.89. The molecular formula is C31H32N2O3. The molecule has 0 N–H and O–H groups in total. The van der Waals surface area contributed by atoms with E-state index in [0.29, 0.717) is 0 Å². The van der Waals surface area contributed by atoms with Crippen LogP contribution in [0.2, 0.25) is 0 Å². The van der Waals surface area contributed by atoms with Gasteiger partial charge in [0.25, 0.3) is 5.91 Å². The Hall–Kier alpha value is -3.73. The van der Waals surface area contributed by atoms with E-state index in [-0.39, 0.29) is 18.0 Å². The summed E-state index contributed by atoms with van der Waals surface area (Å²) >= 11 is 0. The monoisotopic (exact) mass is 480 g/mol. The van der Waals surface area contributed by atoms with Gasteiger partial charge in [0.1, 0.15) is 11.5 Å². The molecular weight excluding hydrogens is 448 g/mol. The molecule has 1 atom stereocenters.